The molecule has 18 heavy (non-hydrogen) atoms. The number of hydrogen-bond acceptors (Lipinski definition) is 5. The van der Waals surface area contributed by atoms with E-state index >= 15 is 0 Å². The Balaban J connectivity index is 1.84. The molecular formula is C13H10N2O2S. The number of hydrogen-bond donors (Lipinski definition) is 0. The number of nitrogens with zero attached hydrogens (tertiary/aromatic N) is 2. The van der Waals surface area contributed by atoms with Gasteiger partial charge in [0.25, 0.3) is 0 Å². The first-order valence-electron chi connectivity index (χ1n) is 5.52. The maximum absolute atomic E-state index is 10.5. The Morgan fingerprint density at radius 3 is 2.83 bits per heavy atom. The summed E-state index contributed by atoms with van der Waals surface area (Å²) < 4.78 is 5.86. The van der Waals surface area contributed by atoms with Crippen LogP contribution in [0.5, 0.6) is 5.75 Å². The quantitative estimate of drug-likeness (QED) is 0.775. The van der Waals surface area contributed by atoms with Crippen LogP contribution in [0.1, 0.15) is 22.3 Å². The first-order valence-corrected chi connectivity index (χ1v) is 6.51. The van der Waals surface area contributed by atoms with Crippen LogP contribution in [0.4, 0.5) is 0 Å². The van der Waals surface area contributed by atoms with E-state index in [2.05, 4.69) is 9.97 Å². The zero-order valence-electron chi connectivity index (χ0n) is 9.45. The van der Waals surface area contributed by atoms with Crippen LogP contribution in [0.25, 0.3) is 0 Å². The molecule has 5 heteroatoms. The minimum atomic E-state index is -0.161. The molecule has 0 N–H and O–H groups in total. The molecule has 0 saturated carbocycles. The van der Waals surface area contributed by atoms with Gasteiger partial charge in [-0.25, -0.2) is 9.97 Å². The van der Waals surface area contributed by atoms with E-state index in [-0.39, 0.29) is 6.10 Å². The van der Waals surface area contributed by atoms with Gasteiger partial charge in [0.05, 0.1) is 5.56 Å². The summed E-state index contributed by atoms with van der Waals surface area (Å²) in [6, 6.07) is 7.91. The molecular weight excluding hydrogens is 248 g/mol. The summed E-state index contributed by atoms with van der Waals surface area (Å²) in [4.78, 5) is 20.0. The Morgan fingerprint density at radius 1 is 1.28 bits per heavy atom. The van der Waals surface area contributed by atoms with Crippen molar-refractivity contribution in [2.24, 2.45) is 0 Å². The molecule has 4 nitrogen and oxygen atoms in total. The van der Waals surface area contributed by atoms with Crippen molar-refractivity contribution in [3.63, 3.8) is 0 Å². The van der Waals surface area contributed by atoms with Crippen molar-refractivity contribution in [1.82, 2.24) is 9.97 Å². The molecule has 0 spiro atoms. The smallest absolute Gasteiger partial charge is 0.170 e. The SMILES string of the molecule is O=Cc1cnc(C2CSc3ccccc3O2)nc1. The molecule has 0 saturated heterocycles. The lowest BCUT2D eigenvalue weighted by Gasteiger charge is -2.24. The zero-order valence-corrected chi connectivity index (χ0v) is 10.3. The monoisotopic (exact) mass is 258 g/mol. The number of carbonyl (C=O) groups is 1. The van der Waals surface area contributed by atoms with Crippen molar-refractivity contribution < 1.29 is 9.53 Å². The summed E-state index contributed by atoms with van der Waals surface area (Å²) in [5.74, 6) is 2.25. The summed E-state index contributed by atoms with van der Waals surface area (Å²) in [5, 5.41) is 0. The lowest BCUT2D eigenvalue weighted by atomic mass is 10.3. The highest BCUT2D eigenvalue weighted by Crippen LogP contribution is 2.39. The van der Waals surface area contributed by atoms with Crippen LogP contribution in [0, 0.1) is 0 Å². The number of ether oxygens (including phenoxy) is 1. The Labute approximate surface area is 108 Å². The normalized spacial score (nSPS) is 17.7. The molecule has 0 amide bonds. The van der Waals surface area contributed by atoms with E-state index in [1.54, 1.807) is 11.8 Å². The van der Waals surface area contributed by atoms with Crippen molar-refractivity contribution in [2.75, 3.05) is 5.75 Å². The van der Waals surface area contributed by atoms with Crippen LogP contribution in [0.15, 0.2) is 41.6 Å². The van der Waals surface area contributed by atoms with Gasteiger partial charge in [0.2, 0.25) is 0 Å². The molecule has 1 atom stereocenters. The fourth-order valence-electron chi connectivity index (χ4n) is 1.72. The number of carbonyl (C=O) groups excluding carboxylic acids is 1. The highest BCUT2D eigenvalue weighted by Gasteiger charge is 2.23. The average molecular weight is 258 g/mol. The van der Waals surface area contributed by atoms with Crippen molar-refractivity contribution in [3.8, 4) is 5.75 Å². The van der Waals surface area contributed by atoms with Gasteiger partial charge in [0.1, 0.15) is 5.75 Å². The first-order chi connectivity index (χ1) is 8.86. The molecule has 2 aromatic rings. The minimum absolute atomic E-state index is 0.161. The van der Waals surface area contributed by atoms with E-state index < -0.39 is 0 Å². The van der Waals surface area contributed by atoms with Crippen LogP contribution < -0.4 is 4.74 Å². The number of aromatic nitrogens is 2. The van der Waals surface area contributed by atoms with Crippen LogP contribution in [0.2, 0.25) is 0 Å². The summed E-state index contributed by atoms with van der Waals surface area (Å²) >= 11 is 1.73. The molecule has 1 aromatic heterocycles. The number of aldehydes is 1. The van der Waals surface area contributed by atoms with Gasteiger partial charge in [0, 0.05) is 23.0 Å². The van der Waals surface area contributed by atoms with Crippen LogP contribution >= 0.6 is 11.8 Å². The van der Waals surface area contributed by atoms with Gasteiger partial charge in [-0.3, -0.25) is 4.79 Å². The molecule has 0 aliphatic carbocycles. The number of rotatable bonds is 2. The van der Waals surface area contributed by atoms with Gasteiger partial charge >= 0.3 is 0 Å². The molecule has 1 unspecified atom stereocenters. The lowest BCUT2D eigenvalue weighted by Crippen LogP contribution is -2.17. The Bertz CT molecular complexity index is 571. The third kappa shape index (κ3) is 2.09. The maximum atomic E-state index is 10.5. The summed E-state index contributed by atoms with van der Waals surface area (Å²) in [7, 11) is 0. The summed E-state index contributed by atoms with van der Waals surface area (Å²) in [5.41, 5.74) is 0.475. The van der Waals surface area contributed by atoms with Crippen molar-refractivity contribution in [3.05, 3.63) is 48.0 Å². The lowest BCUT2D eigenvalue weighted by molar-refractivity contribution is 0.112. The molecule has 0 bridgehead atoms. The highest BCUT2D eigenvalue weighted by molar-refractivity contribution is 7.99. The van der Waals surface area contributed by atoms with Gasteiger partial charge in [-0.2, -0.15) is 0 Å². The minimum Gasteiger partial charge on any atom is -0.480 e. The molecule has 1 aliphatic heterocycles. The van der Waals surface area contributed by atoms with Gasteiger partial charge in [-0.05, 0) is 12.1 Å². The van der Waals surface area contributed by atoms with Gasteiger partial charge in [-0.1, -0.05) is 12.1 Å². The number of fused-ring (bicyclic) bond motifs is 1. The fraction of sp³-hybridized carbons (Fsp3) is 0.154. The van der Waals surface area contributed by atoms with Crippen LogP contribution in [0.3, 0.4) is 0 Å². The van der Waals surface area contributed by atoms with Crippen molar-refractivity contribution >= 4 is 18.0 Å². The van der Waals surface area contributed by atoms with E-state index in [0.717, 1.165) is 22.7 Å². The van der Waals surface area contributed by atoms with Crippen LogP contribution in [-0.4, -0.2) is 22.0 Å². The van der Waals surface area contributed by atoms with Crippen molar-refractivity contribution in [1.29, 1.82) is 0 Å². The van der Waals surface area contributed by atoms with E-state index in [0.29, 0.717) is 11.4 Å². The Hall–Kier alpha value is -1.88. The highest BCUT2D eigenvalue weighted by atomic mass is 32.2. The maximum Gasteiger partial charge on any atom is 0.170 e. The van der Waals surface area contributed by atoms with Crippen LogP contribution in [-0.2, 0) is 0 Å². The second-order valence-corrected chi connectivity index (χ2v) is 4.92. The molecule has 1 aromatic carbocycles. The summed E-state index contributed by atoms with van der Waals surface area (Å²) in [6.07, 6.45) is 3.61. The third-order valence-electron chi connectivity index (χ3n) is 2.62. The van der Waals surface area contributed by atoms with E-state index in [9.17, 15) is 4.79 Å². The third-order valence-corrected chi connectivity index (χ3v) is 3.74. The molecule has 3 rings (SSSR count). The molecule has 2 heterocycles. The number of thioether (sulfide) groups is 1. The zero-order chi connectivity index (χ0) is 12.4. The van der Waals surface area contributed by atoms with Crippen molar-refractivity contribution in [2.45, 2.75) is 11.0 Å². The second kappa shape index (κ2) is 4.78. The number of para-hydroxylation sites is 1. The van der Waals surface area contributed by atoms with E-state index in [4.69, 9.17) is 4.74 Å². The Kier molecular flexibility index (Phi) is 2.98. The molecule has 0 radical (unpaired) electrons. The molecule has 1 aliphatic rings. The van der Waals surface area contributed by atoms with E-state index in [1.165, 1.54) is 12.4 Å². The first kappa shape index (κ1) is 11.2. The van der Waals surface area contributed by atoms with Gasteiger partial charge in [-0.15, -0.1) is 11.8 Å². The second-order valence-electron chi connectivity index (χ2n) is 3.86. The number of benzene rings is 1. The molecule has 90 valence electrons. The average Bonchev–Trinajstić information content (AvgIpc) is 2.47. The molecule has 0 fully saturated rings. The largest absolute Gasteiger partial charge is 0.480 e. The Morgan fingerprint density at radius 2 is 2.06 bits per heavy atom. The van der Waals surface area contributed by atoms with E-state index in [1.807, 2.05) is 24.3 Å². The summed E-state index contributed by atoms with van der Waals surface area (Å²) in [6.45, 7) is 0. The van der Waals surface area contributed by atoms with Gasteiger partial charge < -0.3 is 4.74 Å². The standard InChI is InChI=1S/C13H10N2O2S/c16-7-9-5-14-13(15-6-9)11-8-18-12-4-2-1-3-10(12)17-11/h1-7,11H,8H2. The fourth-order valence-corrected chi connectivity index (χ4v) is 2.70. The predicted octanol–water partition coefficient (Wildman–Crippen LogP) is 2.51. The topological polar surface area (TPSA) is 52.1 Å². The van der Waals surface area contributed by atoms with Gasteiger partial charge in [0.15, 0.2) is 18.2 Å². The predicted molar refractivity (Wildman–Crippen MR) is 68.0 cm³/mol.